The Morgan fingerprint density at radius 2 is 1.85 bits per heavy atom. The first-order chi connectivity index (χ1) is 12.4. The summed E-state index contributed by atoms with van der Waals surface area (Å²) >= 11 is 5.68. The van der Waals surface area contributed by atoms with E-state index < -0.39 is 21.6 Å². The van der Waals surface area contributed by atoms with Crippen LogP contribution in [0.15, 0.2) is 70.2 Å². The van der Waals surface area contributed by atoms with Crippen LogP contribution in [0.2, 0.25) is 5.02 Å². The first kappa shape index (κ1) is 18.2. The van der Waals surface area contributed by atoms with Crippen molar-refractivity contribution in [2.75, 3.05) is 5.32 Å². The van der Waals surface area contributed by atoms with Crippen molar-refractivity contribution in [3.63, 3.8) is 0 Å². The van der Waals surface area contributed by atoms with Gasteiger partial charge < -0.3 is 9.73 Å². The highest BCUT2D eigenvalue weighted by Crippen LogP contribution is 2.23. The van der Waals surface area contributed by atoms with Gasteiger partial charge in [-0.25, -0.2) is 12.8 Å². The lowest BCUT2D eigenvalue weighted by molar-refractivity contribution is 0.0996. The largest absolute Gasteiger partial charge is 0.459 e. The first-order valence-corrected chi connectivity index (χ1v) is 9.50. The van der Waals surface area contributed by atoms with E-state index in [9.17, 15) is 17.6 Å². The van der Waals surface area contributed by atoms with Crippen molar-refractivity contribution in [1.29, 1.82) is 0 Å². The molecule has 3 rings (SSSR count). The number of furan rings is 1. The Morgan fingerprint density at radius 3 is 2.54 bits per heavy atom. The molecule has 0 aliphatic heterocycles. The normalized spacial score (nSPS) is 11.3. The molecule has 1 heterocycles. The van der Waals surface area contributed by atoms with Gasteiger partial charge in [-0.3, -0.25) is 4.79 Å². The Hall–Kier alpha value is -2.64. The highest BCUT2D eigenvalue weighted by Gasteiger charge is 2.22. The Balaban J connectivity index is 1.82. The van der Waals surface area contributed by atoms with Crippen molar-refractivity contribution in [3.05, 3.63) is 83.0 Å². The zero-order valence-corrected chi connectivity index (χ0v) is 14.9. The highest BCUT2D eigenvalue weighted by molar-refractivity contribution is 7.90. The molecule has 0 saturated heterocycles. The molecule has 0 aliphatic rings. The standard InChI is InChI=1S/C18H13ClFNO4S/c19-15-10-13(6-7-16(15)20)21-18(22)17-12(8-9-25-17)11-26(23,24)14-4-2-1-3-5-14/h1-10H,11H2,(H,21,22). The Morgan fingerprint density at radius 1 is 1.12 bits per heavy atom. The summed E-state index contributed by atoms with van der Waals surface area (Å²) in [5.74, 6) is -1.79. The summed E-state index contributed by atoms with van der Waals surface area (Å²) in [6.07, 6.45) is 1.24. The van der Waals surface area contributed by atoms with E-state index in [1.54, 1.807) is 18.2 Å². The molecule has 1 N–H and O–H groups in total. The van der Waals surface area contributed by atoms with Crippen molar-refractivity contribution in [1.82, 2.24) is 0 Å². The highest BCUT2D eigenvalue weighted by atomic mass is 35.5. The number of hydrogen-bond donors (Lipinski definition) is 1. The fraction of sp³-hybridized carbons (Fsp3) is 0.0556. The van der Waals surface area contributed by atoms with Gasteiger partial charge in [0.1, 0.15) is 5.82 Å². The second kappa shape index (κ2) is 7.31. The maximum atomic E-state index is 13.2. The number of carbonyl (C=O) groups excluding carboxylic acids is 1. The van der Waals surface area contributed by atoms with Gasteiger partial charge in [0.15, 0.2) is 15.6 Å². The van der Waals surface area contributed by atoms with E-state index >= 15 is 0 Å². The molecule has 5 nitrogen and oxygen atoms in total. The van der Waals surface area contributed by atoms with E-state index in [-0.39, 0.29) is 32.7 Å². The van der Waals surface area contributed by atoms with E-state index in [2.05, 4.69) is 5.32 Å². The number of benzene rings is 2. The van der Waals surface area contributed by atoms with Gasteiger partial charge in [0.2, 0.25) is 0 Å². The second-order valence-corrected chi connectivity index (χ2v) is 7.83. The smallest absolute Gasteiger partial charge is 0.291 e. The summed E-state index contributed by atoms with van der Waals surface area (Å²) in [6, 6.07) is 13.0. The monoisotopic (exact) mass is 393 g/mol. The van der Waals surface area contributed by atoms with Crippen LogP contribution in [-0.4, -0.2) is 14.3 Å². The minimum absolute atomic E-state index is 0.134. The second-order valence-electron chi connectivity index (χ2n) is 5.43. The van der Waals surface area contributed by atoms with Gasteiger partial charge in [0.05, 0.1) is 21.9 Å². The number of carbonyl (C=O) groups is 1. The average molecular weight is 394 g/mol. The van der Waals surface area contributed by atoms with E-state index in [1.807, 2.05) is 0 Å². The van der Waals surface area contributed by atoms with Gasteiger partial charge in [-0.2, -0.15) is 0 Å². The number of halogens is 2. The number of nitrogens with one attached hydrogen (secondary N) is 1. The zero-order valence-electron chi connectivity index (χ0n) is 13.3. The summed E-state index contributed by atoms with van der Waals surface area (Å²) in [4.78, 5) is 12.5. The minimum Gasteiger partial charge on any atom is -0.459 e. The van der Waals surface area contributed by atoms with Crippen molar-refractivity contribution in [2.24, 2.45) is 0 Å². The molecule has 26 heavy (non-hydrogen) atoms. The average Bonchev–Trinajstić information content (AvgIpc) is 3.06. The fourth-order valence-corrected chi connectivity index (χ4v) is 3.88. The Kier molecular flexibility index (Phi) is 5.11. The Labute approximate surface area is 154 Å². The number of hydrogen-bond acceptors (Lipinski definition) is 4. The lowest BCUT2D eigenvalue weighted by atomic mass is 10.2. The van der Waals surface area contributed by atoms with Gasteiger partial charge in [0, 0.05) is 11.3 Å². The third-order valence-electron chi connectivity index (χ3n) is 3.58. The lowest BCUT2D eigenvalue weighted by Crippen LogP contribution is -2.14. The van der Waals surface area contributed by atoms with Crippen LogP contribution in [0, 0.1) is 5.82 Å². The van der Waals surface area contributed by atoms with Crippen molar-refractivity contribution in [3.8, 4) is 0 Å². The third-order valence-corrected chi connectivity index (χ3v) is 5.55. The number of sulfone groups is 1. The quantitative estimate of drug-likeness (QED) is 0.701. The first-order valence-electron chi connectivity index (χ1n) is 7.47. The molecule has 2 aromatic carbocycles. The van der Waals surface area contributed by atoms with Crippen LogP contribution >= 0.6 is 11.6 Å². The summed E-state index contributed by atoms with van der Waals surface area (Å²) in [5, 5.41) is 2.36. The molecule has 0 saturated carbocycles. The molecule has 8 heteroatoms. The third kappa shape index (κ3) is 3.95. The van der Waals surface area contributed by atoms with E-state index in [4.69, 9.17) is 16.0 Å². The van der Waals surface area contributed by atoms with Crippen LogP contribution in [0.1, 0.15) is 16.1 Å². The van der Waals surface area contributed by atoms with Crippen LogP contribution in [0.25, 0.3) is 0 Å². The summed E-state index contributed by atoms with van der Waals surface area (Å²) in [7, 11) is -3.64. The molecule has 0 fully saturated rings. The Bertz CT molecular complexity index is 1050. The van der Waals surface area contributed by atoms with Crippen molar-refractivity contribution in [2.45, 2.75) is 10.6 Å². The van der Waals surface area contributed by atoms with Gasteiger partial charge in [-0.15, -0.1) is 0 Å². The molecule has 0 radical (unpaired) electrons. The maximum Gasteiger partial charge on any atom is 0.291 e. The summed E-state index contributed by atoms with van der Waals surface area (Å²) < 4.78 is 43.3. The molecular weight excluding hydrogens is 381 g/mol. The predicted octanol–water partition coefficient (Wildman–Crippen LogP) is 4.30. The van der Waals surface area contributed by atoms with Crippen LogP contribution in [0.3, 0.4) is 0 Å². The summed E-state index contributed by atoms with van der Waals surface area (Å²) in [6.45, 7) is 0. The van der Waals surface area contributed by atoms with Crippen LogP contribution < -0.4 is 5.32 Å². The lowest BCUT2D eigenvalue weighted by Gasteiger charge is -2.07. The molecule has 3 aromatic rings. The predicted molar refractivity (Wildman–Crippen MR) is 95.4 cm³/mol. The molecule has 0 atom stereocenters. The molecule has 0 unspecified atom stereocenters. The molecule has 0 spiro atoms. The fourth-order valence-electron chi connectivity index (χ4n) is 2.33. The van der Waals surface area contributed by atoms with E-state index in [1.165, 1.54) is 36.6 Å². The molecule has 0 bridgehead atoms. The molecule has 1 amide bonds. The molecular formula is C18H13ClFNO4S. The van der Waals surface area contributed by atoms with Gasteiger partial charge in [-0.05, 0) is 36.4 Å². The van der Waals surface area contributed by atoms with Gasteiger partial charge >= 0.3 is 0 Å². The maximum absolute atomic E-state index is 13.2. The molecule has 1 aromatic heterocycles. The van der Waals surface area contributed by atoms with Crippen LogP contribution in [0.4, 0.5) is 10.1 Å². The van der Waals surface area contributed by atoms with Gasteiger partial charge in [-0.1, -0.05) is 29.8 Å². The minimum atomic E-state index is -3.64. The number of anilines is 1. The van der Waals surface area contributed by atoms with Crippen molar-refractivity contribution >= 4 is 33.0 Å². The SMILES string of the molecule is O=C(Nc1ccc(F)c(Cl)c1)c1occc1CS(=O)(=O)c1ccccc1. The number of amides is 1. The summed E-state index contributed by atoms with van der Waals surface area (Å²) in [5.41, 5.74) is 0.481. The van der Waals surface area contributed by atoms with Crippen LogP contribution in [0.5, 0.6) is 0 Å². The van der Waals surface area contributed by atoms with E-state index in [0.29, 0.717) is 0 Å². The number of rotatable bonds is 5. The van der Waals surface area contributed by atoms with Gasteiger partial charge in [0.25, 0.3) is 5.91 Å². The molecule has 134 valence electrons. The van der Waals surface area contributed by atoms with Crippen LogP contribution in [-0.2, 0) is 15.6 Å². The zero-order chi connectivity index (χ0) is 18.7. The van der Waals surface area contributed by atoms with Crippen molar-refractivity contribution < 1.29 is 22.0 Å². The van der Waals surface area contributed by atoms with E-state index in [0.717, 1.165) is 6.07 Å². The topological polar surface area (TPSA) is 76.4 Å². The molecule has 0 aliphatic carbocycles.